The van der Waals surface area contributed by atoms with E-state index in [1.807, 2.05) is 44.2 Å². The molecule has 0 saturated heterocycles. The van der Waals surface area contributed by atoms with Crippen molar-refractivity contribution >= 4 is 40.0 Å². The zero-order chi connectivity index (χ0) is 25.1. The fourth-order valence-electron chi connectivity index (χ4n) is 4.05. The summed E-state index contributed by atoms with van der Waals surface area (Å²) < 4.78 is 5.20. The number of carbonyl (C=O) groups is 4. The van der Waals surface area contributed by atoms with Gasteiger partial charge in [0.25, 0.3) is 11.8 Å². The van der Waals surface area contributed by atoms with Gasteiger partial charge in [-0.05, 0) is 43.0 Å². The van der Waals surface area contributed by atoms with Crippen molar-refractivity contribution in [1.82, 2.24) is 4.90 Å². The second kappa shape index (κ2) is 10.2. The first kappa shape index (κ1) is 24.3. The Labute approximate surface area is 207 Å². The highest BCUT2D eigenvalue weighted by Gasteiger charge is 2.43. The number of carbonyl (C=O) groups excluding carboxylic acids is 4. The molecule has 3 amide bonds. The van der Waals surface area contributed by atoms with Crippen molar-refractivity contribution in [3.8, 4) is 10.4 Å². The number of ether oxygens (including phenoxy) is 1. The number of fused-ring (bicyclic) bond motifs is 1. The van der Waals surface area contributed by atoms with E-state index in [1.54, 1.807) is 37.3 Å². The molecule has 35 heavy (non-hydrogen) atoms. The molecular weight excluding hydrogens is 464 g/mol. The van der Waals surface area contributed by atoms with Crippen molar-refractivity contribution < 1.29 is 23.9 Å². The summed E-state index contributed by atoms with van der Waals surface area (Å²) in [5.74, 6) is -2.04. The first-order valence-electron chi connectivity index (χ1n) is 11.5. The number of hydrogen-bond acceptors (Lipinski definition) is 6. The van der Waals surface area contributed by atoms with Crippen molar-refractivity contribution in [2.75, 3.05) is 11.9 Å². The molecule has 8 heteroatoms. The minimum Gasteiger partial charge on any atom is -0.462 e. The van der Waals surface area contributed by atoms with Crippen LogP contribution in [-0.4, -0.2) is 41.2 Å². The lowest BCUT2D eigenvalue weighted by Crippen LogP contribution is -2.48. The number of esters is 1. The zero-order valence-electron chi connectivity index (χ0n) is 19.7. The molecule has 2 aromatic carbocycles. The molecule has 0 fully saturated rings. The number of nitrogens with zero attached hydrogens (tertiary/aromatic N) is 1. The third-order valence-corrected chi connectivity index (χ3v) is 6.76. The first-order chi connectivity index (χ1) is 16.8. The lowest BCUT2D eigenvalue weighted by Gasteiger charge is -2.26. The Bertz CT molecular complexity index is 1250. The molecule has 0 radical (unpaired) electrons. The molecule has 0 bridgehead atoms. The van der Waals surface area contributed by atoms with Crippen LogP contribution in [0, 0.1) is 5.92 Å². The number of anilines is 1. The van der Waals surface area contributed by atoms with Crippen molar-refractivity contribution in [2.24, 2.45) is 5.92 Å². The smallest absolute Gasteiger partial charge is 0.341 e. The van der Waals surface area contributed by atoms with Gasteiger partial charge in [0.15, 0.2) is 0 Å². The summed E-state index contributed by atoms with van der Waals surface area (Å²) in [6, 6.07) is 16.7. The van der Waals surface area contributed by atoms with Crippen LogP contribution in [0.4, 0.5) is 5.00 Å². The summed E-state index contributed by atoms with van der Waals surface area (Å²) in [6.45, 7) is 5.73. The highest BCUT2D eigenvalue weighted by atomic mass is 32.1. The number of rotatable bonds is 8. The minimum absolute atomic E-state index is 0.0304. The number of amides is 3. The average molecular weight is 491 g/mol. The van der Waals surface area contributed by atoms with Gasteiger partial charge in [-0.1, -0.05) is 56.3 Å². The largest absolute Gasteiger partial charge is 0.462 e. The lowest BCUT2D eigenvalue weighted by atomic mass is 10.0. The zero-order valence-corrected chi connectivity index (χ0v) is 20.6. The summed E-state index contributed by atoms with van der Waals surface area (Å²) in [7, 11) is 0. The minimum atomic E-state index is -1.03. The van der Waals surface area contributed by atoms with Crippen LogP contribution < -0.4 is 5.32 Å². The summed E-state index contributed by atoms with van der Waals surface area (Å²) in [6.07, 6.45) is 0.281. The predicted molar refractivity (Wildman–Crippen MR) is 135 cm³/mol. The molecule has 0 saturated carbocycles. The highest BCUT2D eigenvalue weighted by molar-refractivity contribution is 7.20. The van der Waals surface area contributed by atoms with Crippen LogP contribution >= 0.6 is 11.3 Å². The van der Waals surface area contributed by atoms with Crippen LogP contribution in [0.1, 0.15) is 58.3 Å². The summed E-state index contributed by atoms with van der Waals surface area (Å²) >= 11 is 1.24. The second-order valence-corrected chi connectivity index (χ2v) is 9.65. The average Bonchev–Trinajstić information content (AvgIpc) is 3.37. The van der Waals surface area contributed by atoms with Crippen molar-refractivity contribution in [1.29, 1.82) is 0 Å². The molecule has 1 aliphatic rings. The van der Waals surface area contributed by atoms with Gasteiger partial charge in [-0.3, -0.25) is 19.3 Å². The van der Waals surface area contributed by atoms with E-state index in [0.717, 1.165) is 15.3 Å². The standard InChI is InChI=1S/C27H26N2O5S/c1-4-34-27(33)20-15-22(17-10-6-5-7-11-17)35-24(20)28-23(30)21(14-16(2)3)29-25(31)18-12-8-9-13-19(18)26(29)32/h5-13,15-16,21H,4,14H2,1-3H3,(H,28,30)/t21-/m1/s1. The SMILES string of the molecule is CCOC(=O)c1cc(-c2ccccc2)sc1NC(=O)[C@@H](CC(C)C)N1C(=O)c2ccccc2C1=O. The molecule has 0 aliphatic carbocycles. The lowest BCUT2D eigenvalue weighted by molar-refractivity contribution is -0.120. The monoisotopic (exact) mass is 490 g/mol. The fraction of sp³-hybridized carbons (Fsp3) is 0.259. The Kier molecular flexibility index (Phi) is 7.12. The predicted octanol–water partition coefficient (Wildman–Crippen LogP) is 5.24. The third-order valence-electron chi connectivity index (χ3n) is 5.66. The van der Waals surface area contributed by atoms with Crippen LogP contribution in [0.3, 0.4) is 0 Å². The van der Waals surface area contributed by atoms with E-state index in [4.69, 9.17) is 4.74 Å². The van der Waals surface area contributed by atoms with E-state index >= 15 is 0 Å². The molecule has 4 rings (SSSR count). The molecule has 3 aromatic rings. The Hall–Kier alpha value is -3.78. The Balaban J connectivity index is 1.68. The number of benzene rings is 2. The number of hydrogen-bond donors (Lipinski definition) is 1. The molecule has 180 valence electrons. The van der Waals surface area contributed by atoms with Gasteiger partial charge in [0, 0.05) is 4.88 Å². The normalized spacial score (nSPS) is 13.7. The van der Waals surface area contributed by atoms with Crippen LogP contribution in [0.2, 0.25) is 0 Å². The van der Waals surface area contributed by atoms with Gasteiger partial charge >= 0.3 is 5.97 Å². The van der Waals surface area contributed by atoms with Crippen LogP contribution in [0.5, 0.6) is 0 Å². The van der Waals surface area contributed by atoms with Gasteiger partial charge in [-0.2, -0.15) is 0 Å². The van der Waals surface area contributed by atoms with Gasteiger partial charge < -0.3 is 10.1 Å². The molecular formula is C27H26N2O5S. The third kappa shape index (κ3) is 4.88. The van der Waals surface area contributed by atoms with E-state index in [1.165, 1.54) is 11.3 Å². The number of imide groups is 1. The van der Waals surface area contributed by atoms with E-state index in [0.29, 0.717) is 5.00 Å². The molecule has 0 unspecified atom stereocenters. The van der Waals surface area contributed by atoms with Crippen molar-refractivity contribution in [3.63, 3.8) is 0 Å². The maximum absolute atomic E-state index is 13.6. The Morgan fingerprint density at radius 3 is 2.14 bits per heavy atom. The van der Waals surface area contributed by atoms with Gasteiger partial charge in [0.1, 0.15) is 11.0 Å². The van der Waals surface area contributed by atoms with E-state index in [-0.39, 0.29) is 35.6 Å². The van der Waals surface area contributed by atoms with Crippen molar-refractivity contribution in [2.45, 2.75) is 33.2 Å². The number of nitrogens with one attached hydrogen (secondary N) is 1. The van der Waals surface area contributed by atoms with Gasteiger partial charge in [0.2, 0.25) is 5.91 Å². The molecule has 7 nitrogen and oxygen atoms in total. The summed E-state index contributed by atoms with van der Waals surface area (Å²) in [4.78, 5) is 54.2. The van der Waals surface area contributed by atoms with Crippen LogP contribution in [-0.2, 0) is 9.53 Å². The number of thiophene rings is 1. The molecule has 2 heterocycles. The molecule has 1 aliphatic heterocycles. The summed E-state index contributed by atoms with van der Waals surface area (Å²) in [5.41, 5.74) is 1.69. The van der Waals surface area contributed by atoms with E-state index < -0.39 is 29.7 Å². The highest BCUT2D eigenvalue weighted by Crippen LogP contribution is 2.37. The Morgan fingerprint density at radius 1 is 0.971 bits per heavy atom. The van der Waals surface area contributed by atoms with Gasteiger partial charge in [0.05, 0.1) is 23.3 Å². The van der Waals surface area contributed by atoms with E-state index in [2.05, 4.69) is 5.32 Å². The van der Waals surface area contributed by atoms with Crippen molar-refractivity contribution in [3.05, 3.63) is 77.4 Å². The fourth-order valence-corrected chi connectivity index (χ4v) is 5.11. The Morgan fingerprint density at radius 2 is 1.57 bits per heavy atom. The second-order valence-electron chi connectivity index (χ2n) is 8.60. The quantitative estimate of drug-likeness (QED) is 0.344. The van der Waals surface area contributed by atoms with Crippen LogP contribution in [0.25, 0.3) is 10.4 Å². The maximum atomic E-state index is 13.6. The molecule has 1 aromatic heterocycles. The molecule has 1 atom stereocenters. The maximum Gasteiger partial charge on any atom is 0.341 e. The van der Waals surface area contributed by atoms with Gasteiger partial charge in [-0.15, -0.1) is 11.3 Å². The molecule has 1 N–H and O–H groups in total. The van der Waals surface area contributed by atoms with E-state index in [9.17, 15) is 19.2 Å². The summed E-state index contributed by atoms with van der Waals surface area (Å²) in [5, 5.41) is 3.14. The van der Waals surface area contributed by atoms with Crippen LogP contribution in [0.15, 0.2) is 60.7 Å². The molecule has 0 spiro atoms. The van der Waals surface area contributed by atoms with Gasteiger partial charge in [-0.25, -0.2) is 4.79 Å². The topological polar surface area (TPSA) is 92.8 Å². The first-order valence-corrected chi connectivity index (χ1v) is 12.3.